The van der Waals surface area contributed by atoms with Gasteiger partial charge in [-0.25, -0.2) is 0 Å². The highest BCUT2D eigenvalue weighted by Crippen LogP contribution is 2.25. The van der Waals surface area contributed by atoms with E-state index in [1.165, 1.54) is 5.71 Å². The second kappa shape index (κ2) is 3.74. The predicted octanol–water partition coefficient (Wildman–Crippen LogP) is 2.93. The molecule has 0 spiro atoms. The smallest absolute Gasteiger partial charge is 0.0476 e. The summed E-state index contributed by atoms with van der Waals surface area (Å²) < 4.78 is 0. The normalized spacial score (nSPS) is 21.4. The summed E-state index contributed by atoms with van der Waals surface area (Å²) >= 11 is 0. The Morgan fingerprint density at radius 2 is 2.14 bits per heavy atom. The molecule has 1 aliphatic heterocycles. The molecule has 0 fully saturated rings. The Hall–Kier alpha value is -1.44. The molecule has 14 heavy (non-hydrogen) atoms. The van der Waals surface area contributed by atoms with E-state index in [-0.39, 0.29) is 0 Å². The van der Waals surface area contributed by atoms with Crippen LogP contribution in [0.3, 0.4) is 0 Å². The molecule has 0 aromatic carbocycles. The molecule has 0 aliphatic carbocycles. The Labute approximate surface area is 84.4 Å². The Kier molecular flexibility index (Phi) is 2.44. The van der Waals surface area contributed by atoms with Crippen molar-refractivity contribution in [2.75, 3.05) is 0 Å². The molecule has 0 radical (unpaired) electrons. The van der Waals surface area contributed by atoms with Crippen molar-refractivity contribution in [3.63, 3.8) is 0 Å². The molecule has 0 saturated carbocycles. The van der Waals surface area contributed by atoms with Crippen molar-refractivity contribution in [1.82, 2.24) is 4.98 Å². The molecule has 0 bridgehead atoms. The van der Waals surface area contributed by atoms with Gasteiger partial charge in [-0.15, -0.1) is 0 Å². The number of aromatic nitrogens is 1. The Balaban J connectivity index is 2.27. The van der Waals surface area contributed by atoms with E-state index in [4.69, 9.17) is 0 Å². The minimum atomic E-state index is 0.411. The quantitative estimate of drug-likeness (QED) is 0.662. The molecule has 2 rings (SSSR count). The van der Waals surface area contributed by atoms with E-state index in [2.05, 4.69) is 29.0 Å². The van der Waals surface area contributed by atoms with Crippen LogP contribution in [0, 0.1) is 0 Å². The van der Waals surface area contributed by atoms with Crippen LogP contribution in [-0.2, 0) is 0 Å². The van der Waals surface area contributed by atoms with Crippen LogP contribution in [0.4, 0.5) is 0 Å². The molecule has 2 nitrogen and oxygen atoms in total. The maximum Gasteiger partial charge on any atom is 0.0476 e. The van der Waals surface area contributed by atoms with E-state index in [0.717, 1.165) is 17.8 Å². The highest BCUT2D eigenvalue weighted by atomic mass is 14.8. The van der Waals surface area contributed by atoms with Crippen molar-refractivity contribution in [3.8, 4) is 0 Å². The topological polar surface area (TPSA) is 25.2 Å². The first kappa shape index (κ1) is 9.13. The fourth-order valence-corrected chi connectivity index (χ4v) is 1.84. The van der Waals surface area contributed by atoms with Crippen LogP contribution in [-0.4, -0.2) is 10.7 Å². The SMILES string of the molecule is CC1=CC(c2ccccn2)CC(C)=N1. The molecule has 1 aromatic heterocycles. The number of hydrogen-bond donors (Lipinski definition) is 0. The lowest BCUT2D eigenvalue weighted by atomic mass is 9.95. The van der Waals surface area contributed by atoms with Gasteiger partial charge in [-0.2, -0.15) is 0 Å². The first-order valence-corrected chi connectivity index (χ1v) is 4.89. The van der Waals surface area contributed by atoms with Crippen molar-refractivity contribution >= 4 is 5.71 Å². The minimum Gasteiger partial charge on any atom is -0.263 e. The molecule has 1 aliphatic rings. The van der Waals surface area contributed by atoms with Crippen LogP contribution in [0.1, 0.15) is 31.9 Å². The largest absolute Gasteiger partial charge is 0.263 e. The van der Waals surface area contributed by atoms with Crippen molar-refractivity contribution in [2.24, 2.45) is 4.99 Å². The number of rotatable bonds is 1. The molecule has 2 heterocycles. The summed E-state index contributed by atoms with van der Waals surface area (Å²) in [5.41, 5.74) is 3.44. The lowest BCUT2D eigenvalue weighted by molar-refractivity contribution is 0.817. The van der Waals surface area contributed by atoms with Crippen molar-refractivity contribution in [1.29, 1.82) is 0 Å². The van der Waals surface area contributed by atoms with Crippen LogP contribution < -0.4 is 0 Å². The molecule has 2 heteroatoms. The van der Waals surface area contributed by atoms with Crippen molar-refractivity contribution in [2.45, 2.75) is 26.2 Å². The van der Waals surface area contributed by atoms with Crippen molar-refractivity contribution in [3.05, 3.63) is 41.9 Å². The zero-order valence-electron chi connectivity index (χ0n) is 8.57. The standard InChI is InChI=1S/C12H14N2/c1-9-7-11(8-10(2)14-9)12-5-3-4-6-13-12/h3-7,11H,8H2,1-2H3. The van der Waals surface area contributed by atoms with E-state index in [1.54, 1.807) is 0 Å². The van der Waals surface area contributed by atoms with Crippen LogP contribution in [0.2, 0.25) is 0 Å². The summed E-state index contributed by atoms with van der Waals surface area (Å²) in [4.78, 5) is 8.78. The molecule has 1 atom stereocenters. The van der Waals surface area contributed by atoms with E-state index in [1.807, 2.05) is 25.3 Å². The van der Waals surface area contributed by atoms with Gasteiger partial charge in [0.25, 0.3) is 0 Å². The predicted molar refractivity (Wildman–Crippen MR) is 58.5 cm³/mol. The molecule has 0 amide bonds. The third kappa shape index (κ3) is 1.90. The van der Waals surface area contributed by atoms with Crippen LogP contribution in [0.15, 0.2) is 41.2 Å². The lowest BCUT2D eigenvalue weighted by Crippen LogP contribution is -2.08. The third-order valence-electron chi connectivity index (χ3n) is 2.39. The van der Waals surface area contributed by atoms with E-state index in [9.17, 15) is 0 Å². The number of allylic oxidation sites excluding steroid dienone is 2. The van der Waals surface area contributed by atoms with Gasteiger partial charge >= 0.3 is 0 Å². The van der Waals surface area contributed by atoms with E-state index in [0.29, 0.717) is 5.92 Å². The highest BCUT2D eigenvalue weighted by Gasteiger charge is 2.14. The molecular formula is C12H14N2. The van der Waals surface area contributed by atoms with Gasteiger partial charge in [-0.05, 0) is 32.4 Å². The first-order valence-electron chi connectivity index (χ1n) is 4.89. The summed E-state index contributed by atoms with van der Waals surface area (Å²) in [7, 11) is 0. The summed E-state index contributed by atoms with van der Waals surface area (Å²) in [5, 5.41) is 0. The number of aliphatic imine (C=N–C) groups is 1. The lowest BCUT2D eigenvalue weighted by Gasteiger charge is -2.17. The zero-order valence-corrected chi connectivity index (χ0v) is 8.57. The summed E-state index contributed by atoms with van der Waals surface area (Å²) in [6, 6.07) is 6.06. The maximum atomic E-state index is 4.41. The second-order valence-corrected chi connectivity index (χ2v) is 3.72. The van der Waals surface area contributed by atoms with Gasteiger partial charge in [0.05, 0.1) is 0 Å². The third-order valence-corrected chi connectivity index (χ3v) is 2.39. The Morgan fingerprint density at radius 1 is 1.29 bits per heavy atom. The van der Waals surface area contributed by atoms with Gasteiger partial charge in [0.2, 0.25) is 0 Å². The van der Waals surface area contributed by atoms with Gasteiger partial charge in [-0.1, -0.05) is 12.1 Å². The summed E-state index contributed by atoms with van der Waals surface area (Å²) in [6.07, 6.45) is 5.03. The zero-order chi connectivity index (χ0) is 9.97. The maximum absolute atomic E-state index is 4.41. The fraction of sp³-hybridized carbons (Fsp3) is 0.333. The van der Waals surface area contributed by atoms with Gasteiger partial charge < -0.3 is 0 Å². The van der Waals surface area contributed by atoms with Gasteiger partial charge in [0.15, 0.2) is 0 Å². The Bertz CT molecular complexity index is 377. The monoisotopic (exact) mass is 186 g/mol. The minimum absolute atomic E-state index is 0.411. The van der Waals surface area contributed by atoms with E-state index < -0.39 is 0 Å². The van der Waals surface area contributed by atoms with Gasteiger partial charge in [0, 0.05) is 29.2 Å². The van der Waals surface area contributed by atoms with Gasteiger partial charge in [0.1, 0.15) is 0 Å². The number of nitrogens with zero attached hydrogens (tertiary/aromatic N) is 2. The van der Waals surface area contributed by atoms with Crippen LogP contribution >= 0.6 is 0 Å². The average molecular weight is 186 g/mol. The molecule has 1 aromatic rings. The first-order chi connectivity index (χ1) is 6.75. The average Bonchev–Trinajstić information content (AvgIpc) is 2.18. The Morgan fingerprint density at radius 3 is 2.79 bits per heavy atom. The molecular weight excluding hydrogens is 172 g/mol. The molecule has 72 valence electrons. The molecule has 0 N–H and O–H groups in total. The second-order valence-electron chi connectivity index (χ2n) is 3.72. The van der Waals surface area contributed by atoms with E-state index >= 15 is 0 Å². The van der Waals surface area contributed by atoms with Crippen LogP contribution in [0.5, 0.6) is 0 Å². The van der Waals surface area contributed by atoms with Gasteiger partial charge in [-0.3, -0.25) is 9.98 Å². The summed E-state index contributed by atoms with van der Waals surface area (Å²) in [6.45, 7) is 4.12. The van der Waals surface area contributed by atoms with Crippen LogP contribution in [0.25, 0.3) is 0 Å². The number of hydrogen-bond acceptors (Lipinski definition) is 2. The molecule has 1 unspecified atom stereocenters. The number of pyridine rings is 1. The summed E-state index contributed by atoms with van der Waals surface area (Å²) in [5.74, 6) is 0.411. The fourth-order valence-electron chi connectivity index (χ4n) is 1.84. The highest BCUT2D eigenvalue weighted by molar-refractivity contribution is 5.84. The van der Waals surface area contributed by atoms with Crippen molar-refractivity contribution < 1.29 is 0 Å². The molecule has 0 saturated heterocycles.